The van der Waals surface area contributed by atoms with Gasteiger partial charge in [0.2, 0.25) is 0 Å². The molecule has 1 aromatic carbocycles. The van der Waals surface area contributed by atoms with Crippen LogP contribution in [0, 0.1) is 0 Å². The lowest BCUT2D eigenvalue weighted by Gasteiger charge is -2.08. The van der Waals surface area contributed by atoms with Crippen LogP contribution in [-0.2, 0) is 9.84 Å². The molecule has 1 N–H and O–H groups in total. The number of sulfone groups is 1. The summed E-state index contributed by atoms with van der Waals surface area (Å²) in [5.41, 5.74) is 0. The van der Waals surface area contributed by atoms with E-state index in [1.165, 1.54) is 18.0 Å². The number of hydrogen-bond donors (Lipinski definition) is 1. The highest BCUT2D eigenvalue weighted by atomic mass is 35.5. The Labute approximate surface area is 137 Å². The van der Waals surface area contributed by atoms with E-state index in [9.17, 15) is 8.42 Å². The molecular formula is C13H12Cl2N2O2S2. The predicted molar refractivity (Wildman–Crippen MR) is 87.5 cm³/mol. The standard InChI is InChI=1S/C13H12Cl2N2O2S2/c1-16-12-10(14)7-11(15)13(17-12)20-8-3-5-9(6-4-8)21(2,18)19/h3-7H,1-2H3,(H,16,17). The minimum atomic E-state index is -3.20. The Kier molecular flexibility index (Phi) is 5.03. The Morgan fingerprint density at radius 3 is 2.29 bits per heavy atom. The second-order valence-corrected chi connectivity index (χ2v) is 8.09. The predicted octanol–water partition coefficient (Wildman–Crippen LogP) is 3.98. The normalized spacial score (nSPS) is 11.4. The first-order valence-electron chi connectivity index (χ1n) is 5.83. The summed E-state index contributed by atoms with van der Waals surface area (Å²) >= 11 is 13.4. The Morgan fingerprint density at radius 2 is 1.76 bits per heavy atom. The molecule has 2 rings (SSSR count). The monoisotopic (exact) mass is 362 g/mol. The summed E-state index contributed by atoms with van der Waals surface area (Å²) in [7, 11) is -1.48. The summed E-state index contributed by atoms with van der Waals surface area (Å²) < 4.78 is 22.8. The topological polar surface area (TPSA) is 59.1 Å². The third-order valence-corrected chi connectivity index (χ3v) is 5.43. The Morgan fingerprint density at radius 1 is 1.14 bits per heavy atom. The minimum Gasteiger partial charge on any atom is -0.372 e. The van der Waals surface area contributed by atoms with E-state index < -0.39 is 9.84 Å². The van der Waals surface area contributed by atoms with Crippen LogP contribution in [0.1, 0.15) is 0 Å². The zero-order chi connectivity index (χ0) is 15.6. The lowest BCUT2D eigenvalue weighted by atomic mass is 10.4. The fraction of sp³-hybridized carbons (Fsp3) is 0.154. The maximum Gasteiger partial charge on any atom is 0.175 e. The fourth-order valence-corrected chi connectivity index (χ4v) is 3.55. The average Bonchev–Trinajstić information content (AvgIpc) is 2.41. The number of nitrogens with one attached hydrogen (secondary N) is 1. The highest BCUT2D eigenvalue weighted by Crippen LogP contribution is 2.35. The van der Waals surface area contributed by atoms with Crippen molar-refractivity contribution in [2.75, 3.05) is 18.6 Å². The van der Waals surface area contributed by atoms with Crippen LogP contribution in [0.25, 0.3) is 0 Å². The molecule has 0 unspecified atom stereocenters. The van der Waals surface area contributed by atoms with Crippen LogP contribution in [0.3, 0.4) is 0 Å². The maximum atomic E-state index is 11.4. The number of benzene rings is 1. The van der Waals surface area contributed by atoms with Crippen molar-refractivity contribution in [1.82, 2.24) is 4.98 Å². The van der Waals surface area contributed by atoms with Gasteiger partial charge in [0.15, 0.2) is 9.84 Å². The van der Waals surface area contributed by atoms with Gasteiger partial charge in [0.25, 0.3) is 0 Å². The molecule has 0 bridgehead atoms. The van der Waals surface area contributed by atoms with Gasteiger partial charge in [-0.05, 0) is 30.3 Å². The molecule has 0 aliphatic carbocycles. The van der Waals surface area contributed by atoms with Crippen LogP contribution in [0.4, 0.5) is 5.82 Å². The maximum absolute atomic E-state index is 11.4. The number of halogens is 2. The third kappa shape index (κ3) is 4.03. The van der Waals surface area contributed by atoms with Gasteiger partial charge in [-0.3, -0.25) is 0 Å². The fourth-order valence-electron chi connectivity index (χ4n) is 1.56. The molecule has 0 amide bonds. The third-order valence-electron chi connectivity index (χ3n) is 2.60. The molecule has 8 heteroatoms. The molecule has 2 aromatic rings. The van der Waals surface area contributed by atoms with E-state index in [0.29, 0.717) is 20.9 Å². The highest BCUT2D eigenvalue weighted by Gasteiger charge is 2.11. The molecule has 0 fully saturated rings. The smallest absolute Gasteiger partial charge is 0.175 e. The Bertz CT molecular complexity index is 762. The van der Waals surface area contributed by atoms with Gasteiger partial charge in [-0.15, -0.1) is 0 Å². The van der Waals surface area contributed by atoms with Crippen molar-refractivity contribution >= 4 is 50.6 Å². The van der Waals surface area contributed by atoms with Gasteiger partial charge in [0, 0.05) is 18.2 Å². The van der Waals surface area contributed by atoms with Crippen molar-refractivity contribution < 1.29 is 8.42 Å². The van der Waals surface area contributed by atoms with Gasteiger partial charge in [0.1, 0.15) is 10.8 Å². The summed E-state index contributed by atoms with van der Waals surface area (Å²) in [6.45, 7) is 0. The largest absolute Gasteiger partial charge is 0.372 e. The van der Waals surface area contributed by atoms with Crippen molar-refractivity contribution in [3.63, 3.8) is 0 Å². The summed E-state index contributed by atoms with van der Waals surface area (Å²) in [6, 6.07) is 8.16. The molecule has 0 saturated heterocycles. The summed E-state index contributed by atoms with van der Waals surface area (Å²) in [4.78, 5) is 5.44. The van der Waals surface area contributed by atoms with E-state index in [-0.39, 0.29) is 4.90 Å². The number of rotatable bonds is 4. The number of hydrogen-bond acceptors (Lipinski definition) is 5. The van der Waals surface area contributed by atoms with Gasteiger partial charge >= 0.3 is 0 Å². The zero-order valence-corrected chi connectivity index (χ0v) is 14.4. The molecule has 0 saturated carbocycles. The first kappa shape index (κ1) is 16.4. The highest BCUT2D eigenvalue weighted by molar-refractivity contribution is 7.99. The molecule has 1 aromatic heterocycles. The molecule has 0 spiro atoms. The molecule has 0 radical (unpaired) electrons. The number of anilines is 1. The first-order chi connectivity index (χ1) is 9.81. The van der Waals surface area contributed by atoms with Crippen molar-refractivity contribution in [3.05, 3.63) is 40.4 Å². The Hall–Kier alpha value is -0.950. The summed E-state index contributed by atoms with van der Waals surface area (Å²) in [5, 5.41) is 4.36. The van der Waals surface area contributed by atoms with Gasteiger partial charge in [0.05, 0.1) is 14.9 Å². The van der Waals surface area contributed by atoms with Crippen molar-refractivity contribution in [2.24, 2.45) is 0 Å². The van der Waals surface area contributed by atoms with Crippen LogP contribution < -0.4 is 5.32 Å². The van der Waals surface area contributed by atoms with Gasteiger partial charge < -0.3 is 5.32 Å². The van der Waals surface area contributed by atoms with Crippen LogP contribution >= 0.6 is 35.0 Å². The molecule has 0 atom stereocenters. The second-order valence-electron chi connectivity index (χ2n) is 4.20. The molecule has 112 valence electrons. The van der Waals surface area contributed by atoms with Gasteiger partial charge in [-0.2, -0.15) is 0 Å². The van der Waals surface area contributed by atoms with E-state index in [1.807, 2.05) is 0 Å². The SMILES string of the molecule is CNc1nc(Sc2ccc(S(C)(=O)=O)cc2)c(Cl)cc1Cl. The lowest BCUT2D eigenvalue weighted by Crippen LogP contribution is -1.96. The molecule has 0 aliphatic rings. The van der Waals surface area contributed by atoms with E-state index in [0.717, 1.165) is 4.90 Å². The van der Waals surface area contributed by atoms with E-state index in [1.54, 1.807) is 37.4 Å². The molecule has 0 aliphatic heterocycles. The average molecular weight is 363 g/mol. The number of aromatic nitrogens is 1. The van der Waals surface area contributed by atoms with Crippen molar-refractivity contribution in [2.45, 2.75) is 14.8 Å². The van der Waals surface area contributed by atoms with E-state index >= 15 is 0 Å². The molecule has 1 heterocycles. The number of nitrogens with zero attached hydrogens (tertiary/aromatic N) is 1. The summed E-state index contributed by atoms with van der Waals surface area (Å²) in [6.07, 6.45) is 1.17. The molecule has 4 nitrogen and oxygen atoms in total. The van der Waals surface area contributed by atoms with Crippen LogP contribution in [0.5, 0.6) is 0 Å². The van der Waals surface area contributed by atoms with E-state index in [4.69, 9.17) is 23.2 Å². The van der Waals surface area contributed by atoms with Crippen molar-refractivity contribution in [3.8, 4) is 0 Å². The van der Waals surface area contributed by atoms with Crippen LogP contribution in [0.2, 0.25) is 10.0 Å². The van der Waals surface area contributed by atoms with Crippen LogP contribution in [0.15, 0.2) is 45.1 Å². The Balaban J connectivity index is 2.30. The zero-order valence-electron chi connectivity index (χ0n) is 11.2. The van der Waals surface area contributed by atoms with Crippen LogP contribution in [-0.4, -0.2) is 26.7 Å². The lowest BCUT2D eigenvalue weighted by molar-refractivity contribution is 0.602. The van der Waals surface area contributed by atoms with Gasteiger partial charge in [-0.1, -0.05) is 35.0 Å². The molecule has 21 heavy (non-hydrogen) atoms. The number of pyridine rings is 1. The second kappa shape index (κ2) is 6.44. The van der Waals surface area contributed by atoms with Gasteiger partial charge in [-0.25, -0.2) is 13.4 Å². The van der Waals surface area contributed by atoms with E-state index in [2.05, 4.69) is 10.3 Å². The van der Waals surface area contributed by atoms with Crippen molar-refractivity contribution in [1.29, 1.82) is 0 Å². The quantitative estimate of drug-likeness (QED) is 0.890. The summed E-state index contributed by atoms with van der Waals surface area (Å²) in [5.74, 6) is 0.538. The first-order valence-corrected chi connectivity index (χ1v) is 9.29. The minimum absolute atomic E-state index is 0.276. The molecular weight excluding hydrogens is 351 g/mol.